The van der Waals surface area contributed by atoms with Gasteiger partial charge in [-0.05, 0) is 36.8 Å². The molecule has 0 amide bonds. The third-order valence-corrected chi connectivity index (χ3v) is 2.87. The van der Waals surface area contributed by atoms with E-state index in [9.17, 15) is 8.78 Å². The second-order valence-electron chi connectivity index (χ2n) is 4.36. The van der Waals surface area contributed by atoms with E-state index in [0.717, 1.165) is 11.3 Å². The Morgan fingerprint density at radius 2 is 1.90 bits per heavy atom. The van der Waals surface area contributed by atoms with Gasteiger partial charge in [-0.3, -0.25) is 0 Å². The van der Waals surface area contributed by atoms with Crippen LogP contribution in [0.2, 0.25) is 0 Å². The molecule has 108 valence electrons. The van der Waals surface area contributed by atoms with Crippen LogP contribution in [0.15, 0.2) is 42.6 Å². The first-order valence-electron chi connectivity index (χ1n) is 6.26. The fourth-order valence-electron chi connectivity index (χ4n) is 1.82. The summed E-state index contributed by atoms with van der Waals surface area (Å²) in [7, 11) is 0. The fourth-order valence-corrected chi connectivity index (χ4v) is 1.82. The van der Waals surface area contributed by atoms with Crippen molar-refractivity contribution in [1.82, 2.24) is 4.98 Å². The molecule has 2 rings (SSSR count). The molecular formula is C15H13F2N3O. The van der Waals surface area contributed by atoms with Crippen LogP contribution in [0.25, 0.3) is 0 Å². The maximum atomic E-state index is 12.1. The van der Waals surface area contributed by atoms with Crippen molar-refractivity contribution in [3.8, 4) is 11.8 Å². The summed E-state index contributed by atoms with van der Waals surface area (Å²) in [4.78, 5) is 3.96. The average molecular weight is 289 g/mol. The first kappa shape index (κ1) is 14.7. The average Bonchev–Trinajstić information content (AvgIpc) is 2.48. The van der Waals surface area contributed by atoms with Gasteiger partial charge in [0, 0.05) is 6.04 Å². The minimum atomic E-state index is -2.82. The molecule has 1 unspecified atom stereocenters. The highest BCUT2D eigenvalue weighted by molar-refractivity contribution is 5.45. The molecule has 0 aliphatic heterocycles. The Balaban J connectivity index is 2.02. The summed E-state index contributed by atoms with van der Waals surface area (Å²) < 4.78 is 28.4. The van der Waals surface area contributed by atoms with Crippen molar-refractivity contribution in [1.29, 1.82) is 5.26 Å². The molecule has 1 atom stereocenters. The largest absolute Gasteiger partial charge is 0.435 e. The molecule has 1 aromatic heterocycles. The van der Waals surface area contributed by atoms with Gasteiger partial charge >= 0.3 is 6.61 Å². The van der Waals surface area contributed by atoms with E-state index in [1.807, 2.05) is 13.0 Å². The van der Waals surface area contributed by atoms with Crippen LogP contribution in [0.3, 0.4) is 0 Å². The number of alkyl halides is 2. The van der Waals surface area contributed by atoms with Crippen molar-refractivity contribution < 1.29 is 13.5 Å². The molecule has 2 aromatic rings. The highest BCUT2D eigenvalue weighted by Gasteiger charge is 2.08. The molecule has 0 radical (unpaired) electrons. The number of pyridine rings is 1. The predicted molar refractivity (Wildman–Crippen MR) is 74.1 cm³/mol. The van der Waals surface area contributed by atoms with Crippen LogP contribution in [0, 0.1) is 11.3 Å². The van der Waals surface area contributed by atoms with Gasteiger partial charge in [0.1, 0.15) is 17.5 Å². The molecule has 0 spiro atoms. The quantitative estimate of drug-likeness (QED) is 0.911. The second kappa shape index (κ2) is 6.66. The lowest BCUT2D eigenvalue weighted by atomic mass is 10.1. The highest BCUT2D eigenvalue weighted by Crippen LogP contribution is 2.22. The molecule has 0 saturated carbocycles. The number of nitriles is 1. The Hall–Kier alpha value is -2.68. The lowest BCUT2D eigenvalue weighted by Crippen LogP contribution is -2.07. The van der Waals surface area contributed by atoms with Crippen molar-refractivity contribution in [2.45, 2.75) is 19.6 Å². The van der Waals surface area contributed by atoms with Gasteiger partial charge in [0.25, 0.3) is 0 Å². The van der Waals surface area contributed by atoms with Gasteiger partial charge in [-0.2, -0.15) is 14.0 Å². The molecule has 0 fully saturated rings. The molecular weight excluding hydrogens is 276 g/mol. The highest BCUT2D eigenvalue weighted by atomic mass is 19.3. The van der Waals surface area contributed by atoms with E-state index in [1.165, 1.54) is 12.1 Å². The zero-order valence-electron chi connectivity index (χ0n) is 11.3. The molecule has 4 nitrogen and oxygen atoms in total. The van der Waals surface area contributed by atoms with Gasteiger partial charge in [0.15, 0.2) is 0 Å². The Bertz CT molecular complexity index is 621. The topological polar surface area (TPSA) is 57.9 Å². The number of nitrogens with one attached hydrogen (secondary N) is 1. The van der Waals surface area contributed by atoms with Crippen molar-refractivity contribution in [3.63, 3.8) is 0 Å². The van der Waals surface area contributed by atoms with Crippen LogP contribution in [0.5, 0.6) is 5.75 Å². The maximum Gasteiger partial charge on any atom is 0.387 e. The summed E-state index contributed by atoms with van der Waals surface area (Å²) in [5.74, 6) is 0.126. The minimum Gasteiger partial charge on any atom is -0.435 e. The van der Waals surface area contributed by atoms with Gasteiger partial charge in [0.05, 0.1) is 11.9 Å². The van der Waals surface area contributed by atoms with E-state index < -0.39 is 6.61 Å². The van der Waals surface area contributed by atoms with E-state index >= 15 is 0 Å². The number of ether oxygens (including phenoxy) is 1. The predicted octanol–water partition coefficient (Wildman–Crippen LogP) is 3.73. The summed E-state index contributed by atoms with van der Waals surface area (Å²) in [6.07, 6.45) is 1.57. The summed E-state index contributed by atoms with van der Waals surface area (Å²) in [6, 6.07) is 11.7. The standard InChI is InChI=1S/C15H13F2N3O/c1-10(20-13-5-4-12(8-18)19-9-13)11-2-6-14(7-3-11)21-15(16)17/h2-7,9-10,15,20H,1H3. The Morgan fingerprint density at radius 3 is 2.43 bits per heavy atom. The Labute approximate surface area is 121 Å². The third kappa shape index (κ3) is 4.14. The molecule has 21 heavy (non-hydrogen) atoms. The van der Waals surface area contributed by atoms with Crippen molar-refractivity contribution in [2.75, 3.05) is 5.32 Å². The van der Waals surface area contributed by atoms with E-state index in [1.54, 1.807) is 30.5 Å². The fraction of sp³-hybridized carbons (Fsp3) is 0.200. The number of aromatic nitrogens is 1. The SMILES string of the molecule is CC(Nc1ccc(C#N)nc1)c1ccc(OC(F)F)cc1. The monoisotopic (exact) mass is 289 g/mol. The number of hydrogen-bond acceptors (Lipinski definition) is 4. The number of benzene rings is 1. The van der Waals surface area contributed by atoms with Crippen LogP contribution >= 0.6 is 0 Å². The maximum absolute atomic E-state index is 12.1. The first-order chi connectivity index (χ1) is 10.1. The normalized spacial score (nSPS) is 11.8. The van der Waals surface area contributed by atoms with Crippen molar-refractivity contribution in [3.05, 3.63) is 53.9 Å². The molecule has 0 aliphatic carbocycles. The smallest absolute Gasteiger partial charge is 0.387 e. The molecule has 1 aromatic carbocycles. The lowest BCUT2D eigenvalue weighted by molar-refractivity contribution is -0.0498. The number of hydrogen-bond donors (Lipinski definition) is 1. The first-order valence-corrected chi connectivity index (χ1v) is 6.26. The number of rotatable bonds is 5. The summed E-state index contributed by atoms with van der Waals surface area (Å²) in [6.45, 7) is -0.891. The van der Waals surface area contributed by atoms with Crippen LogP contribution in [-0.2, 0) is 0 Å². The zero-order valence-corrected chi connectivity index (χ0v) is 11.3. The third-order valence-electron chi connectivity index (χ3n) is 2.87. The summed E-state index contributed by atoms with van der Waals surface area (Å²) in [5.41, 5.74) is 2.04. The Kier molecular flexibility index (Phi) is 4.67. The Morgan fingerprint density at radius 1 is 1.19 bits per heavy atom. The van der Waals surface area contributed by atoms with E-state index in [2.05, 4.69) is 15.0 Å². The van der Waals surface area contributed by atoms with E-state index in [0.29, 0.717) is 5.69 Å². The number of nitrogens with zero attached hydrogens (tertiary/aromatic N) is 2. The van der Waals surface area contributed by atoms with E-state index in [4.69, 9.17) is 5.26 Å². The zero-order chi connectivity index (χ0) is 15.2. The molecule has 0 bridgehead atoms. The van der Waals surface area contributed by atoms with Gasteiger partial charge in [-0.15, -0.1) is 0 Å². The summed E-state index contributed by atoms with van der Waals surface area (Å²) in [5, 5.41) is 11.9. The van der Waals surface area contributed by atoms with Crippen LogP contribution in [0.4, 0.5) is 14.5 Å². The van der Waals surface area contributed by atoms with Crippen molar-refractivity contribution >= 4 is 5.69 Å². The summed E-state index contributed by atoms with van der Waals surface area (Å²) >= 11 is 0. The molecule has 1 heterocycles. The number of halogens is 2. The molecule has 0 aliphatic rings. The second-order valence-corrected chi connectivity index (χ2v) is 4.36. The van der Waals surface area contributed by atoms with Crippen LogP contribution < -0.4 is 10.1 Å². The lowest BCUT2D eigenvalue weighted by Gasteiger charge is -2.16. The van der Waals surface area contributed by atoms with Gasteiger partial charge in [-0.25, -0.2) is 4.98 Å². The van der Waals surface area contributed by atoms with Crippen LogP contribution in [-0.4, -0.2) is 11.6 Å². The minimum absolute atomic E-state index is 0.0414. The molecule has 1 N–H and O–H groups in total. The molecule has 0 saturated heterocycles. The van der Waals surface area contributed by atoms with Crippen LogP contribution in [0.1, 0.15) is 24.2 Å². The molecule has 6 heteroatoms. The van der Waals surface area contributed by atoms with Crippen molar-refractivity contribution in [2.24, 2.45) is 0 Å². The van der Waals surface area contributed by atoms with Gasteiger partial charge < -0.3 is 10.1 Å². The number of anilines is 1. The van der Waals surface area contributed by atoms with E-state index in [-0.39, 0.29) is 11.8 Å². The van der Waals surface area contributed by atoms with Gasteiger partial charge in [-0.1, -0.05) is 12.1 Å². The van der Waals surface area contributed by atoms with Gasteiger partial charge in [0.2, 0.25) is 0 Å².